The quantitative estimate of drug-likeness (QED) is 0.855. The molecule has 0 amide bonds. The van der Waals surface area contributed by atoms with Gasteiger partial charge in [-0.15, -0.1) is 13.2 Å². The molecular weight excluding hydrogens is 301 g/mol. The van der Waals surface area contributed by atoms with Crippen molar-refractivity contribution < 1.29 is 23.0 Å². The maximum atomic E-state index is 12.2. The van der Waals surface area contributed by atoms with E-state index in [1.165, 1.54) is 30.3 Å². The summed E-state index contributed by atoms with van der Waals surface area (Å²) in [7, 11) is 0. The third-order valence-corrected chi connectivity index (χ3v) is 2.81. The van der Waals surface area contributed by atoms with Crippen molar-refractivity contribution in [3.8, 4) is 11.5 Å². The van der Waals surface area contributed by atoms with Gasteiger partial charge in [0.1, 0.15) is 11.5 Å². The average Bonchev–Trinajstić information content (AvgIpc) is 2.22. The van der Waals surface area contributed by atoms with E-state index in [0.29, 0.717) is 9.86 Å². The molecule has 0 fully saturated rings. The first kappa shape index (κ1) is 12.0. The summed E-state index contributed by atoms with van der Waals surface area (Å²) in [4.78, 5) is 0. The van der Waals surface area contributed by atoms with E-state index in [1.807, 2.05) is 0 Å². The highest BCUT2D eigenvalue weighted by atomic mass is 79.9. The van der Waals surface area contributed by atoms with Crippen LogP contribution in [0.25, 0.3) is 10.8 Å². The molecule has 17 heavy (non-hydrogen) atoms. The van der Waals surface area contributed by atoms with Crippen molar-refractivity contribution in [2.45, 2.75) is 6.36 Å². The summed E-state index contributed by atoms with van der Waals surface area (Å²) >= 11 is 3.09. The highest BCUT2D eigenvalue weighted by Crippen LogP contribution is 2.38. The van der Waals surface area contributed by atoms with E-state index in [2.05, 4.69) is 20.7 Å². The van der Waals surface area contributed by atoms with Crippen LogP contribution < -0.4 is 4.74 Å². The maximum Gasteiger partial charge on any atom is 0.573 e. The highest BCUT2D eigenvalue weighted by Gasteiger charge is 2.31. The Morgan fingerprint density at radius 3 is 2.41 bits per heavy atom. The van der Waals surface area contributed by atoms with Crippen molar-refractivity contribution in [2.75, 3.05) is 0 Å². The lowest BCUT2D eigenvalue weighted by Crippen LogP contribution is -2.17. The molecule has 0 radical (unpaired) electrons. The van der Waals surface area contributed by atoms with Gasteiger partial charge < -0.3 is 9.84 Å². The van der Waals surface area contributed by atoms with Gasteiger partial charge in [0, 0.05) is 10.8 Å². The zero-order chi connectivity index (χ0) is 12.6. The summed E-state index contributed by atoms with van der Waals surface area (Å²) in [6, 6.07) is 7.00. The third kappa shape index (κ3) is 2.46. The Morgan fingerprint density at radius 2 is 1.76 bits per heavy atom. The number of phenols is 1. The van der Waals surface area contributed by atoms with Crippen LogP contribution in [0, 0.1) is 0 Å². The Bertz CT molecular complexity index is 566. The number of halogens is 4. The van der Waals surface area contributed by atoms with Gasteiger partial charge in [-0.2, -0.15) is 0 Å². The first-order chi connectivity index (χ1) is 7.88. The number of rotatable bonds is 1. The number of alkyl halides is 3. The van der Waals surface area contributed by atoms with Crippen molar-refractivity contribution in [1.29, 1.82) is 0 Å². The number of fused-ring (bicyclic) bond motifs is 1. The van der Waals surface area contributed by atoms with Crippen molar-refractivity contribution in [3.05, 3.63) is 34.8 Å². The van der Waals surface area contributed by atoms with Crippen LogP contribution in [0.2, 0.25) is 0 Å². The summed E-state index contributed by atoms with van der Waals surface area (Å²) in [5.41, 5.74) is 0. The molecule has 0 spiro atoms. The molecule has 0 saturated heterocycles. The molecule has 2 nitrogen and oxygen atoms in total. The van der Waals surface area contributed by atoms with E-state index in [9.17, 15) is 18.3 Å². The van der Waals surface area contributed by atoms with Gasteiger partial charge in [-0.1, -0.05) is 12.1 Å². The molecule has 2 rings (SSSR count). The Balaban J connectivity index is 2.63. The van der Waals surface area contributed by atoms with Crippen molar-refractivity contribution in [3.63, 3.8) is 0 Å². The minimum Gasteiger partial charge on any atom is -0.506 e. The van der Waals surface area contributed by atoms with Gasteiger partial charge in [-0.05, 0) is 34.1 Å². The standard InChI is InChI=1S/C11H6BrF3O2/c12-8-5-4-6-7(10(8)16)2-1-3-9(6)17-11(13,14)15/h1-5,16H. The molecule has 0 aliphatic heterocycles. The zero-order valence-electron chi connectivity index (χ0n) is 8.25. The van der Waals surface area contributed by atoms with Gasteiger partial charge >= 0.3 is 6.36 Å². The smallest absolute Gasteiger partial charge is 0.506 e. The topological polar surface area (TPSA) is 29.5 Å². The minimum absolute atomic E-state index is 0.116. The van der Waals surface area contributed by atoms with Crippen LogP contribution in [0.3, 0.4) is 0 Å². The number of hydrogen-bond donors (Lipinski definition) is 1. The lowest BCUT2D eigenvalue weighted by atomic mass is 10.1. The van der Waals surface area contributed by atoms with E-state index < -0.39 is 6.36 Å². The lowest BCUT2D eigenvalue weighted by molar-refractivity contribution is -0.274. The molecule has 0 aromatic heterocycles. The van der Waals surface area contributed by atoms with Gasteiger partial charge in [0.15, 0.2) is 0 Å². The molecule has 0 saturated carbocycles. The maximum absolute atomic E-state index is 12.2. The summed E-state index contributed by atoms with van der Waals surface area (Å²) in [6.45, 7) is 0. The number of phenolic OH excluding ortho intramolecular Hbond substituents is 1. The zero-order valence-corrected chi connectivity index (χ0v) is 9.84. The molecule has 0 unspecified atom stereocenters. The SMILES string of the molecule is Oc1c(Br)ccc2c(OC(F)(F)F)cccc12. The molecule has 2 aromatic rings. The minimum atomic E-state index is -4.75. The van der Waals surface area contributed by atoms with Gasteiger partial charge in [0.2, 0.25) is 0 Å². The molecule has 6 heteroatoms. The number of aromatic hydroxyl groups is 1. The molecule has 0 aliphatic carbocycles. The first-order valence-electron chi connectivity index (χ1n) is 4.54. The number of hydrogen-bond acceptors (Lipinski definition) is 2. The summed E-state index contributed by atoms with van der Waals surface area (Å²) in [5, 5.41) is 10.2. The first-order valence-corrected chi connectivity index (χ1v) is 5.34. The van der Waals surface area contributed by atoms with E-state index in [-0.39, 0.29) is 16.9 Å². The molecule has 1 N–H and O–H groups in total. The van der Waals surface area contributed by atoms with Gasteiger partial charge in [0.25, 0.3) is 0 Å². The third-order valence-electron chi connectivity index (χ3n) is 2.17. The normalized spacial score (nSPS) is 11.8. The Morgan fingerprint density at radius 1 is 1.06 bits per heavy atom. The molecule has 0 bridgehead atoms. The second kappa shape index (κ2) is 4.10. The van der Waals surface area contributed by atoms with Crippen LogP contribution in [-0.2, 0) is 0 Å². The Labute approximate surface area is 103 Å². The molecule has 0 aliphatic rings. The van der Waals surface area contributed by atoms with Crippen molar-refractivity contribution >= 4 is 26.7 Å². The fraction of sp³-hybridized carbons (Fsp3) is 0.0909. The van der Waals surface area contributed by atoms with Crippen LogP contribution in [0.15, 0.2) is 34.8 Å². The highest BCUT2D eigenvalue weighted by molar-refractivity contribution is 9.10. The Kier molecular flexibility index (Phi) is 2.91. The number of benzene rings is 2. The molecular formula is C11H6BrF3O2. The predicted molar refractivity (Wildman–Crippen MR) is 60.0 cm³/mol. The fourth-order valence-corrected chi connectivity index (χ4v) is 1.85. The average molecular weight is 307 g/mol. The molecule has 90 valence electrons. The van der Waals surface area contributed by atoms with Crippen LogP contribution >= 0.6 is 15.9 Å². The van der Waals surface area contributed by atoms with Crippen LogP contribution in [0.1, 0.15) is 0 Å². The lowest BCUT2D eigenvalue weighted by Gasteiger charge is -2.12. The van der Waals surface area contributed by atoms with Crippen molar-refractivity contribution in [2.24, 2.45) is 0 Å². The largest absolute Gasteiger partial charge is 0.573 e. The second-order valence-electron chi connectivity index (χ2n) is 3.30. The second-order valence-corrected chi connectivity index (χ2v) is 4.15. The molecule has 0 atom stereocenters. The van der Waals surface area contributed by atoms with Gasteiger partial charge in [-0.3, -0.25) is 0 Å². The van der Waals surface area contributed by atoms with Crippen molar-refractivity contribution in [1.82, 2.24) is 0 Å². The summed E-state index contributed by atoms with van der Waals surface area (Å²) in [5.74, 6) is -0.451. The Hall–Kier alpha value is -1.43. The van der Waals surface area contributed by atoms with Crippen LogP contribution in [-0.4, -0.2) is 11.5 Å². The summed E-state index contributed by atoms with van der Waals surface area (Å²) in [6.07, 6.45) is -4.75. The van der Waals surface area contributed by atoms with E-state index in [1.54, 1.807) is 0 Å². The predicted octanol–water partition coefficient (Wildman–Crippen LogP) is 4.21. The van der Waals surface area contributed by atoms with Gasteiger partial charge in [0.05, 0.1) is 4.47 Å². The van der Waals surface area contributed by atoms with E-state index in [0.717, 1.165) is 0 Å². The van der Waals surface area contributed by atoms with Crippen LogP contribution in [0.5, 0.6) is 11.5 Å². The number of ether oxygens (including phenoxy) is 1. The van der Waals surface area contributed by atoms with Gasteiger partial charge in [-0.25, -0.2) is 0 Å². The van der Waals surface area contributed by atoms with E-state index >= 15 is 0 Å². The monoisotopic (exact) mass is 306 g/mol. The molecule has 0 heterocycles. The van der Waals surface area contributed by atoms with Crippen LogP contribution in [0.4, 0.5) is 13.2 Å². The van der Waals surface area contributed by atoms with E-state index in [4.69, 9.17) is 0 Å². The molecule has 2 aromatic carbocycles. The summed E-state index contributed by atoms with van der Waals surface area (Å²) < 4.78 is 40.8. The fourth-order valence-electron chi connectivity index (χ4n) is 1.50.